The summed E-state index contributed by atoms with van der Waals surface area (Å²) in [6, 6.07) is -0.0263. The number of morpholine rings is 1. The number of ether oxygens (including phenoxy) is 2. The maximum absolute atomic E-state index is 11.8. The van der Waals surface area contributed by atoms with Crippen LogP contribution in [-0.2, 0) is 21.3 Å². The van der Waals surface area contributed by atoms with Crippen LogP contribution in [0.3, 0.4) is 0 Å². The summed E-state index contributed by atoms with van der Waals surface area (Å²) in [7, 11) is 1.90. The van der Waals surface area contributed by atoms with E-state index in [2.05, 4.69) is 10.00 Å². The van der Waals surface area contributed by atoms with Gasteiger partial charge in [-0.15, -0.1) is 0 Å². The highest BCUT2D eigenvalue weighted by Crippen LogP contribution is 2.33. The van der Waals surface area contributed by atoms with Crippen molar-refractivity contribution in [3.8, 4) is 0 Å². The normalized spacial score (nSPS) is 18.9. The van der Waals surface area contributed by atoms with E-state index in [1.807, 2.05) is 20.9 Å². The lowest BCUT2D eigenvalue weighted by molar-refractivity contribution is -0.144. The maximum atomic E-state index is 11.8. The van der Waals surface area contributed by atoms with Crippen molar-refractivity contribution in [2.75, 3.05) is 31.3 Å². The fourth-order valence-electron chi connectivity index (χ4n) is 2.68. The number of aromatic nitrogens is 3. The molecule has 1 saturated heterocycles. The molecule has 0 spiro atoms. The van der Waals surface area contributed by atoms with E-state index >= 15 is 0 Å². The van der Waals surface area contributed by atoms with E-state index < -0.39 is 0 Å². The van der Waals surface area contributed by atoms with Gasteiger partial charge in [0.15, 0.2) is 10.8 Å². The number of fused-ring (bicyclic) bond motifs is 1. The zero-order chi connectivity index (χ0) is 15.7. The van der Waals surface area contributed by atoms with E-state index in [1.165, 1.54) is 0 Å². The smallest absolute Gasteiger partial charge is 0.307 e. The molecule has 7 nitrogen and oxygen atoms in total. The van der Waals surface area contributed by atoms with Crippen molar-refractivity contribution in [2.45, 2.75) is 26.3 Å². The van der Waals surface area contributed by atoms with Crippen molar-refractivity contribution >= 4 is 32.8 Å². The molecule has 0 amide bonds. The third kappa shape index (κ3) is 2.80. The topological polar surface area (TPSA) is 69.5 Å². The number of nitrogens with zero attached hydrogens (tertiary/aromatic N) is 4. The molecule has 8 heteroatoms. The minimum Gasteiger partial charge on any atom is -0.466 e. The van der Waals surface area contributed by atoms with Crippen LogP contribution in [0.15, 0.2) is 0 Å². The first kappa shape index (κ1) is 15.2. The fraction of sp³-hybridized carbons (Fsp3) is 0.643. The highest BCUT2D eigenvalue weighted by molar-refractivity contribution is 7.22. The number of carbonyl (C=O) groups is 1. The quantitative estimate of drug-likeness (QED) is 0.794. The standard InChI is InChI=1S/C14H20N4O3S/c1-4-21-11(19)7-10-8-20-6-5-18(10)14-15-13-12(22-14)9(2)16-17(13)3/h10H,4-8H2,1-3H3. The number of rotatable bonds is 4. The summed E-state index contributed by atoms with van der Waals surface area (Å²) in [5.74, 6) is -0.193. The number of carbonyl (C=O) groups excluding carboxylic acids is 1. The van der Waals surface area contributed by atoms with Gasteiger partial charge in [0.05, 0.1) is 42.7 Å². The summed E-state index contributed by atoms with van der Waals surface area (Å²) in [6.45, 7) is 6.10. The molecule has 2 aromatic heterocycles. The summed E-state index contributed by atoms with van der Waals surface area (Å²) < 4.78 is 13.5. The molecule has 1 aliphatic rings. The van der Waals surface area contributed by atoms with Crippen molar-refractivity contribution in [3.63, 3.8) is 0 Å². The monoisotopic (exact) mass is 324 g/mol. The summed E-state index contributed by atoms with van der Waals surface area (Å²) >= 11 is 1.62. The summed E-state index contributed by atoms with van der Waals surface area (Å²) in [5.41, 5.74) is 1.87. The minimum absolute atomic E-state index is 0.0263. The van der Waals surface area contributed by atoms with Gasteiger partial charge < -0.3 is 14.4 Å². The van der Waals surface area contributed by atoms with E-state index in [0.29, 0.717) is 26.2 Å². The van der Waals surface area contributed by atoms with Gasteiger partial charge in [0, 0.05) is 13.6 Å². The number of hydrogen-bond donors (Lipinski definition) is 0. The van der Waals surface area contributed by atoms with Crippen LogP contribution < -0.4 is 4.90 Å². The Kier molecular flexibility index (Phi) is 4.30. The molecule has 1 atom stereocenters. The number of aryl methyl sites for hydroxylation is 2. The van der Waals surface area contributed by atoms with E-state index in [9.17, 15) is 4.79 Å². The molecular weight excluding hydrogens is 304 g/mol. The molecule has 0 bridgehead atoms. The lowest BCUT2D eigenvalue weighted by Crippen LogP contribution is -2.46. The minimum atomic E-state index is -0.193. The Bertz CT molecular complexity index is 646. The molecule has 0 aliphatic carbocycles. The van der Waals surface area contributed by atoms with Crippen molar-refractivity contribution in [3.05, 3.63) is 5.69 Å². The second-order valence-electron chi connectivity index (χ2n) is 5.29. The van der Waals surface area contributed by atoms with Gasteiger partial charge in [0.1, 0.15) is 0 Å². The predicted molar refractivity (Wildman–Crippen MR) is 84.3 cm³/mol. The molecule has 3 rings (SSSR count). The fourth-order valence-corrected chi connectivity index (χ4v) is 3.81. The first-order chi connectivity index (χ1) is 10.6. The van der Waals surface area contributed by atoms with Crippen LogP contribution in [0.25, 0.3) is 10.3 Å². The lowest BCUT2D eigenvalue weighted by atomic mass is 10.2. The summed E-state index contributed by atoms with van der Waals surface area (Å²) in [6.07, 6.45) is 0.320. The molecule has 3 heterocycles. The zero-order valence-electron chi connectivity index (χ0n) is 13.0. The SMILES string of the molecule is CCOC(=O)CC1COCCN1c1nc2c(s1)c(C)nn2C. The molecule has 120 valence electrons. The van der Waals surface area contributed by atoms with E-state index in [1.54, 1.807) is 16.0 Å². The summed E-state index contributed by atoms with van der Waals surface area (Å²) in [5, 5.41) is 5.30. The lowest BCUT2D eigenvalue weighted by Gasteiger charge is -2.34. The Balaban J connectivity index is 1.85. The van der Waals surface area contributed by atoms with Crippen LogP contribution in [0, 0.1) is 6.92 Å². The third-order valence-corrected chi connectivity index (χ3v) is 4.90. The molecule has 1 unspecified atom stereocenters. The second kappa shape index (κ2) is 6.21. The molecule has 1 fully saturated rings. The second-order valence-corrected chi connectivity index (χ2v) is 6.27. The van der Waals surface area contributed by atoms with E-state index in [4.69, 9.17) is 14.5 Å². The van der Waals surface area contributed by atoms with Crippen molar-refractivity contribution in [1.82, 2.24) is 14.8 Å². The first-order valence-electron chi connectivity index (χ1n) is 7.40. The van der Waals surface area contributed by atoms with Crippen molar-refractivity contribution < 1.29 is 14.3 Å². The van der Waals surface area contributed by atoms with E-state index in [0.717, 1.165) is 27.7 Å². The van der Waals surface area contributed by atoms with Gasteiger partial charge in [-0.3, -0.25) is 4.79 Å². The maximum Gasteiger partial charge on any atom is 0.307 e. The molecule has 2 aromatic rings. The van der Waals surface area contributed by atoms with Crippen LogP contribution in [-0.4, -0.2) is 53.1 Å². The summed E-state index contributed by atoms with van der Waals surface area (Å²) in [4.78, 5) is 18.6. The highest BCUT2D eigenvalue weighted by Gasteiger charge is 2.29. The third-order valence-electron chi connectivity index (χ3n) is 3.71. The van der Waals surface area contributed by atoms with Gasteiger partial charge in [0.25, 0.3) is 0 Å². The molecular formula is C14H20N4O3S. The van der Waals surface area contributed by atoms with Crippen molar-refractivity contribution in [2.24, 2.45) is 7.05 Å². The average molecular weight is 324 g/mol. The van der Waals surface area contributed by atoms with Gasteiger partial charge in [0.2, 0.25) is 0 Å². The number of esters is 1. The van der Waals surface area contributed by atoms with Crippen LogP contribution in [0.1, 0.15) is 19.0 Å². The Hall–Kier alpha value is -1.67. The molecule has 0 saturated carbocycles. The Morgan fingerprint density at radius 3 is 3.09 bits per heavy atom. The van der Waals surface area contributed by atoms with Gasteiger partial charge in [-0.05, 0) is 13.8 Å². The van der Waals surface area contributed by atoms with Gasteiger partial charge in [-0.2, -0.15) is 5.10 Å². The highest BCUT2D eigenvalue weighted by atomic mass is 32.1. The number of hydrogen-bond acceptors (Lipinski definition) is 7. The largest absolute Gasteiger partial charge is 0.466 e. The number of thiazole rings is 1. The predicted octanol–water partition coefficient (Wildman–Crippen LogP) is 1.50. The van der Waals surface area contributed by atoms with Crippen LogP contribution >= 0.6 is 11.3 Å². The Morgan fingerprint density at radius 1 is 1.55 bits per heavy atom. The molecule has 0 N–H and O–H groups in total. The van der Waals surface area contributed by atoms with Gasteiger partial charge in [-0.1, -0.05) is 11.3 Å². The Morgan fingerprint density at radius 2 is 2.36 bits per heavy atom. The zero-order valence-corrected chi connectivity index (χ0v) is 13.9. The molecule has 0 radical (unpaired) electrons. The number of anilines is 1. The van der Waals surface area contributed by atoms with Crippen LogP contribution in [0.5, 0.6) is 0 Å². The first-order valence-corrected chi connectivity index (χ1v) is 8.22. The van der Waals surface area contributed by atoms with Crippen LogP contribution in [0.2, 0.25) is 0 Å². The van der Waals surface area contributed by atoms with E-state index in [-0.39, 0.29) is 12.0 Å². The van der Waals surface area contributed by atoms with Crippen molar-refractivity contribution in [1.29, 1.82) is 0 Å². The molecule has 22 heavy (non-hydrogen) atoms. The van der Waals surface area contributed by atoms with Crippen LogP contribution in [0.4, 0.5) is 5.13 Å². The Labute approximate surface area is 132 Å². The molecule has 1 aliphatic heterocycles. The average Bonchev–Trinajstić information content (AvgIpc) is 3.02. The van der Waals surface area contributed by atoms with Gasteiger partial charge >= 0.3 is 5.97 Å². The van der Waals surface area contributed by atoms with Gasteiger partial charge in [-0.25, -0.2) is 9.67 Å². The molecule has 0 aromatic carbocycles.